The van der Waals surface area contributed by atoms with Crippen LogP contribution in [0.15, 0.2) is 30.3 Å². The predicted octanol–water partition coefficient (Wildman–Crippen LogP) is 2.30. The largest absolute Gasteiger partial charge is 0.444 e. The Bertz CT molecular complexity index is 439. The minimum absolute atomic E-state index is 0.0395. The van der Waals surface area contributed by atoms with Gasteiger partial charge in [0.25, 0.3) is 0 Å². The summed E-state index contributed by atoms with van der Waals surface area (Å²) in [6.45, 7) is 5.52. The zero-order valence-corrected chi connectivity index (χ0v) is 11.8. The Kier molecular flexibility index (Phi) is 5.99. The van der Waals surface area contributed by atoms with Crippen LogP contribution in [-0.4, -0.2) is 30.8 Å². The van der Waals surface area contributed by atoms with Crippen LogP contribution in [0.25, 0.3) is 0 Å². The van der Waals surface area contributed by atoms with Crippen LogP contribution in [0.1, 0.15) is 31.1 Å². The van der Waals surface area contributed by atoms with Crippen molar-refractivity contribution >= 4 is 12.1 Å². The van der Waals surface area contributed by atoms with E-state index in [9.17, 15) is 9.59 Å². The number of hydrogen-bond donors (Lipinski definition) is 1. The van der Waals surface area contributed by atoms with Gasteiger partial charge in [-0.25, -0.2) is 9.59 Å². The van der Waals surface area contributed by atoms with Gasteiger partial charge in [-0.2, -0.15) is 4.89 Å². The zero-order valence-electron chi connectivity index (χ0n) is 11.8. The average molecular weight is 281 g/mol. The molecule has 0 saturated carbocycles. The SMILES string of the molecule is CC(C)(C)OC(=O)NCCOOC(=O)c1ccccc1. The minimum Gasteiger partial charge on any atom is -0.444 e. The molecule has 0 atom stereocenters. The number of nitrogens with one attached hydrogen (secondary N) is 1. The summed E-state index contributed by atoms with van der Waals surface area (Å²) in [6, 6.07) is 8.47. The number of ether oxygens (including phenoxy) is 1. The van der Waals surface area contributed by atoms with E-state index in [1.807, 2.05) is 0 Å². The van der Waals surface area contributed by atoms with Gasteiger partial charge in [0.05, 0.1) is 5.56 Å². The van der Waals surface area contributed by atoms with Gasteiger partial charge in [-0.05, 0) is 32.9 Å². The Labute approximate surface area is 117 Å². The molecule has 0 saturated heterocycles. The van der Waals surface area contributed by atoms with E-state index in [4.69, 9.17) is 9.62 Å². The number of amides is 1. The van der Waals surface area contributed by atoms with Gasteiger partial charge in [0, 0.05) is 6.54 Å². The lowest BCUT2D eigenvalue weighted by Gasteiger charge is -2.19. The number of alkyl carbamates (subject to hydrolysis) is 1. The van der Waals surface area contributed by atoms with E-state index >= 15 is 0 Å². The van der Waals surface area contributed by atoms with E-state index in [1.54, 1.807) is 51.1 Å². The Balaban J connectivity index is 2.14. The molecule has 0 fully saturated rings. The molecular formula is C14H19NO5. The van der Waals surface area contributed by atoms with Crippen LogP contribution in [0.3, 0.4) is 0 Å². The Morgan fingerprint density at radius 2 is 1.80 bits per heavy atom. The molecule has 110 valence electrons. The first-order valence-electron chi connectivity index (χ1n) is 6.24. The van der Waals surface area contributed by atoms with Gasteiger partial charge in [0.1, 0.15) is 12.2 Å². The third kappa shape index (κ3) is 6.75. The van der Waals surface area contributed by atoms with Gasteiger partial charge in [-0.3, -0.25) is 4.89 Å². The topological polar surface area (TPSA) is 73.9 Å². The molecule has 0 bridgehead atoms. The molecule has 1 aromatic rings. The second-order valence-corrected chi connectivity index (χ2v) is 4.99. The maximum Gasteiger partial charge on any atom is 0.407 e. The van der Waals surface area contributed by atoms with E-state index in [-0.39, 0.29) is 13.2 Å². The Morgan fingerprint density at radius 3 is 2.40 bits per heavy atom. The second-order valence-electron chi connectivity index (χ2n) is 4.99. The molecule has 1 aromatic carbocycles. The molecule has 0 unspecified atom stereocenters. The number of carbonyl (C=O) groups excluding carboxylic acids is 2. The summed E-state index contributed by atoms with van der Waals surface area (Å²) in [5, 5.41) is 2.48. The highest BCUT2D eigenvalue weighted by molar-refractivity contribution is 5.88. The first-order chi connectivity index (χ1) is 9.38. The fourth-order valence-corrected chi connectivity index (χ4v) is 1.23. The quantitative estimate of drug-likeness (QED) is 0.509. The molecule has 0 spiro atoms. The van der Waals surface area contributed by atoms with Crippen LogP contribution in [-0.2, 0) is 14.5 Å². The summed E-state index contributed by atoms with van der Waals surface area (Å²) in [7, 11) is 0. The predicted molar refractivity (Wildman–Crippen MR) is 72.0 cm³/mol. The fraction of sp³-hybridized carbons (Fsp3) is 0.429. The molecule has 20 heavy (non-hydrogen) atoms. The van der Waals surface area contributed by atoms with Crippen LogP contribution >= 0.6 is 0 Å². The third-order valence-corrected chi connectivity index (χ3v) is 2.00. The highest BCUT2D eigenvalue weighted by Crippen LogP contribution is 2.06. The van der Waals surface area contributed by atoms with E-state index in [0.717, 1.165) is 0 Å². The summed E-state index contributed by atoms with van der Waals surface area (Å²) in [4.78, 5) is 32.0. The molecule has 0 aliphatic rings. The van der Waals surface area contributed by atoms with E-state index in [2.05, 4.69) is 10.2 Å². The van der Waals surface area contributed by atoms with Crippen molar-refractivity contribution in [3.63, 3.8) is 0 Å². The molecule has 0 aliphatic carbocycles. The monoisotopic (exact) mass is 281 g/mol. The Morgan fingerprint density at radius 1 is 1.15 bits per heavy atom. The maximum absolute atomic E-state index is 11.5. The lowest BCUT2D eigenvalue weighted by atomic mass is 10.2. The molecule has 6 heteroatoms. The molecule has 0 heterocycles. The smallest absolute Gasteiger partial charge is 0.407 e. The molecule has 6 nitrogen and oxygen atoms in total. The lowest BCUT2D eigenvalue weighted by Crippen LogP contribution is -2.34. The molecule has 0 radical (unpaired) electrons. The molecule has 1 rings (SSSR count). The van der Waals surface area contributed by atoms with Gasteiger partial charge >= 0.3 is 12.1 Å². The van der Waals surface area contributed by atoms with Crippen molar-refractivity contribution in [2.75, 3.05) is 13.2 Å². The van der Waals surface area contributed by atoms with Gasteiger partial charge in [-0.15, -0.1) is 0 Å². The van der Waals surface area contributed by atoms with E-state index in [0.29, 0.717) is 5.56 Å². The van der Waals surface area contributed by atoms with E-state index in [1.165, 1.54) is 0 Å². The summed E-state index contributed by atoms with van der Waals surface area (Å²) >= 11 is 0. The minimum atomic E-state index is -0.581. The second kappa shape index (κ2) is 7.49. The van der Waals surface area contributed by atoms with E-state index < -0.39 is 17.7 Å². The van der Waals surface area contributed by atoms with Crippen molar-refractivity contribution < 1.29 is 24.1 Å². The van der Waals surface area contributed by atoms with Crippen molar-refractivity contribution in [3.05, 3.63) is 35.9 Å². The van der Waals surface area contributed by atoms with Crippen molar-refractivity contribution in [3.8, 4) is 0 Å². The van der Waals surface area contributed by atoms with Crippen molar-refractivity contribution in [2.45, 2.75) is 26.4 Å². The van der Waals surface area contributed by atoms with Crippen molar-refractivity contribution in [1.82, 2.24) is 5.32 Å². The molecule has 0 aromatic heterocycles. The maximum atomic E-state index is 11.5. The molecule has 0 aliphatic heterocycles. The van der Waals surface area contributed by atoms with Gasteiger partial charge in [-0.1, -0.05) is 18.2 Å². The van der Waals surface area contributed by atoms with Gasteiger partial charge < -0.3 is 10.1 Å². The van der Waals surface area contributed by atoms with Crippen LogP contribution in [0, 0.1) is 0 Å². The molecule has 1 amide bonds. The third-order valence-electron chi connectivity index (χ3n) is 2.00. The normalized spacial score (nSPS) is 10.8. The van der Waals surface area contributed by atoms with Crippen molar-refractivity contribution in [1.29, 1.82) is 0 Å². The van der Waals surface area contributed by atoms with Crippen molar-refractivity contribution in [2.24, 2.45) is 0 Å². The van der Waals surface area contributed by atoms with Crippen LogP contribution in [0.2, 0.25) is 0 Å². The highest BCUT2D eigenvalue weighted by atomic mass is 17.2. The first kappa shape index (κ1) is 16.0. The summed E-state index contributed by atoms with van der Waals surface area (Å²) < 4.78 is 5.02. The Hall–Kier alpha value is -2.08. The number of carbonyl (C=O) groups is 2. The first-order valence-corrected chi connectivity index (χ1v) is 6.24. The number of benzene rings is 1. The fourth-order valence-electron chi connectivity index (χ4n) is 1.23. The average Bonchev–Trinajstić information content (AvgIpc) is 2.37. The zero-order chi connectivity index (χ0) is 15.0. The van der Waals surface area contributed by atoms with Gasteiger partial charge in [0.2, 0.25) is 0 Å². The van der Waals surface area contributed by atoms with Crippen LogP contribution in [0.5, 0.6) is 0 Å². The lowest BCUT2D eigenvalue weighted by molar-refractivity contribution is -0.239. The number of rotatable bonds is 5. The standard InChI is InChI=1S/C14H19NO5/c1-14(2,3)19-13(17)15-9-10-18-20-12(16)11-7-5-4-6-8-11/h4-8H,9-10H2,1-3H3,(H,15,17). The number of hydrogen-bond acceptors (Lipinski definition) is 5. The summed E-state index contributed by atoms with van der Waals surface area (Å²) in [6.07, 6.45) is -0.546. The molecule has 1 N–H and O–H groups in total. The van der Waals surface area contributed by atoms with Crippen LogP contribution in [0.4, 0.5) is 4.79 Å². The highest BCUT2D eigenvalue weighted by Gasteiger charge is 2.15. The molecular weight excluding hydrogens is 262 g/mol. The van der Waals surface area contributed by atoms with Gasteiger partial charge in [0.15, 0.2) is 0 Å². The van der Waals surface area contributed by atoms with Crippen LogP contribution < -0.4 is 5.32 Å². The summed E-state index contributed by atoms with van der Waals surface area (Å²) in [5.74, 6) is -0.581. The summed E-state index contributed by atoms with van der Waals surface area (Å²) in [5.41, 5.74) is -0.155.